The predicted molar refractivity (Wildman–Crippen MR) is 69.3 cm³/mol. The van der Waals surface area contributed by atoms with Crippen molar-refractivity contribution >= 4 is 23.5 Å². The van der Waals surface area contributed by atoms with Crippen molar-refractivity contribution in [2.45, 2.75) is 18.9 Å². The fourth-order valence-corrected chi connectivity index (χ4v) is 2.21. The van der Waals surface area contributed by atoms with Crippen LogP contribution >= 0.6 is 11.6 Å². The minimum Gasteiger partial charge on any atom is -0.484 e. The number of hydrogen-bond acceptors (Lipinski definition) is 3. The molecule has 0 unspecified atom stereocenters. The molecular formula is C13H14ClNO4. The third-order valence-electron chi connectivity index (χ3n) is 3.03. The number of likely N-dealkylation sites (tertiary alicyclic amines) is 1. The second kappa shape index (κ2) is 5.93. The third kappa shape index (κ3) is 3.38. The zero-order valence-electron chi connectivity index (χ0n) is 10.2. The lowest BCUT2D eigenvalue weighted by Crippen LogP contribution is -2.42. The lowest BCUT2D eigenvalue weighted by atomic mass is 10.2. The second-order valence-corrected chi connectivity index (χ2v) is 4.76. The highest BCUT2D eigenvalue weighted by Gasteiger charge is 2.33. The van der Waals surface area contributed by atoms with Crippen LogP contribution in [0.25, 0.3) is 0 Å². The van der Waals surface area contributed by atoms with Gasteiger partial charge in [0.25, 0.3) is 5.91 Å². The van der Waals surface area contributed by atoms with E-state index in [2.05, 4.69) is 0 Å². The lowest BCUT2D eigenvalue weighted by Gasteiger charge is -2.21. The molecule has 1 aliphatic heterocycles. The summed E-state index contributed by atoms with van der Waals surface area (Å²) in [6.07, 6.45) is 1.21. The molecule has 19 heavy (non-hydrogen) atoms. The van der Waals surface area contributed by atoms with E-state index in [1.807, 2.05) is 0 Å². The molecule has 2 rings (SSSR count). The van der Waals surface area contributed by atoms with E-state index in [0.29, 0.717) is 30.2 Å². The van der Waals surface area contributed by atoms with E-state index in [-0.39, 0.29) is 12.5 Å². The summed E-state index contributed by atoms with van der Waals surface area (Å²) in [4.78, 5) is 24.3. The number of ether oxygens (including phenoxy) is 1. The molecule has 0 aromatic heterocycles. The molecule has 0 spiro atoms. The molecule has 102 valence electrons. The molecule has 1 amide bonds. The van der Waals surface area contributed by atoms with E-state index >= 15 is 0 Å². The van der Waals surface area contributed by atoms with E-state index in [1.54, 1.807) is 24.3 Å². The standard InChI is InChI=1S/C13H14ClNO4/c14-9-3-5-10(6-4-9)19-8-12(16)15-7-1-2-11(15)13(17)18/h3-6,11H,1-2,7-8H2,(H,17,18)/t11-/m1/s1. The monoisotopic (exact) mass is 283 g/mol. The molecule has 1 heterocycles. The second-order valence-electron chi connectivity index (χ2n) is 4.33. The molecule has 1 fully saturated rings. The number of aliphatic carboxylic acids is 1. The van der Waals surface area contributed by atoms with Gasteiger partial charge in [-0.2, -0.15) is 0 Å². The summed E-state index contributed by atoms with van der Waals surface area (Å²) in [6.45, 7) is 0.311. The topological polar surface area (TPSA) is 66.8 Å². The Bertz CT molecular complexity index is 474. The number of rotatable bonds is 4. The molecule has 1 saturated heterocycles. The van der Waals surface area contributed by atoms with Crippen molar-refractivity contribution in [1.29, 1.82) is 0 Å². The summed E-state index contributed by atoms with van der Waals surface area (Å²) in [6, 6.07) is 5.93. The molecule has 0 radical (unpaired) electrons. The zero-order valence-corrected chi connectivity index (χ0v) is 11.0. The molecule has 1 aliphatic rings. The molecule has 1 aromatic rings. The summed E-state index contributed by atoms with van der Waals surface area (Å²) in [5.41, 5.74) is 0. The summed E-state index contributed by atoms with van der Waals surface area (Å²) in [5.74, 6) is -0.735. The van der Waals surface area contributed by atoms with E-state index in [4.69, 9.17) is 21.4 Å². The van der Waals surface area contributed by atoms with Crippen LogP contribution in [0.1, 0.15) is 12.8 Å². The summed E-state index contributed by atoms with van der Waals surface area (Å²) in [7, 11) is 0. The number of halogens is 1. The van der Waals surface area contributed by atoms with Gasteiger partial charge >= 0.3 is 5.97 Å². The SMILES string of the molecule is O=C(O)[C@H]1CCCN1C(=O)COc1ccc(Cl)cc1. The van der Waals surface area contributed by atoms with Crippen LogP contribution in [0.3, 0.4) is 0 Å². The van der Waals surface area contributed by atoms with Crippen LogP contribution in [-0.2, 0) is 9.59 Å². The Morgan fingerprint density at radius 1 is 1.37 bits per heavy atom. The average Bonchev–Trinajstić information content (AvgIpc) is 2.87. The van der Waals surface area contributed by atoms with Crippen molar-refractivity contribution in [3.8, 4) is 5.75 Å². The van der Waals surface area contributed by atoms with Gasteiger partial charge < -0.3 is 14.7 Å². The molecule has 0 bridgehead atoms. The van der Waals surface area contributed by atoms with E-state index in [0.717, 1.165) is 0 Å². The van der Waals surface area contributed by atoms with Gasteiger partial charge in [-0.05, 0) is 37.1 Å². The van der Waals surface area contributed by atoms with Gasteiger partial charge in [0.2, 0.25) is 0 Å². The van der Waals surface area contributed by atoms with Crippen molar-refractivity contribution in [2.24, 2.45) is 0 Å². The van der Waals surface area contributed by atoms with Crippen LogP contribution in [0.5, 0.6) is 5.75 Å². The van der Waals surface area contributed by atoms with Gasteiger partial charge in [-0.3, -0.25) is 4.79 Å². The van der Waals surface area contributed by atoms with Crippen molar-refractivity contribution in [1.82, 2.24) is 4.90 Å². The van der Waals surface area contributed by atoms with Crippen LogP contribution in [0.2, 0.25) is 5.02 Å². The van der Waals surface area contributed by atoms with Crippen LogP contribution in [0.15, 0.2) is 24.3 Å². The number of nitrogens with zero attached hydrogens (tertiary/aromatic N) is 1. The highest BCUT2D eigenvalue weighted by molar-refractivity contribution is 6.30. The molecule has 1 atom stereocenters. The van der Waals surface area contributed by atoms with Crippen molar-refractivity contribution in [3.05, 3.63) is 29.3 Å². The fourth-order valence-electron chi connectivity index (χ4n) is 2.08. The maximum absolute atomic E-state index is 11.9. The number of benzene rings is 1. The van der Waals surface area contributed by atoms with Gasteiger partial charge in [-0.1, -0.05) is 11.6 Å². The third-order valence-corrected chi connectivity index (χ3v) is 3.29. The van der Waals surface area contributed by atoms with Crippen LogP contribution in [0.4, 0.5) is 0 Å². The highest BCUT2D eigenvalue weighted by Crippen LogP contribution is 2.19. The maximum atomic E-state index is 11.9. The van der Waals surface area contributed by atoms with Gasteiger partial charge in [-0.25, -0.2) is 4.79 Å². The highest BCUT2D eigenvalue weighted by atomic mass is 35.5. The Balaban J connectivity index is 1.90. The average molecular weight is 284 g/mol. The fraction of sp³-hybridized carbons (Fsp3) is 0.385. The van der Waals surface area contributed by atoms with E-state index < -0.39 is 12.0 Å². The van der Waals surface area contributed by atoms with Gasteiger partial charge in [-0.15, -0.1) is 0 Å². The van der Waals surface area contributed by atoms with Gasteiger partial charge in [0.1, 0.15) is 11.8 Å². The van der Waals surface area contributed by atoms with E-state index in [9.17, 15) is 9.59 Å². The molecule has 5 nitrogen and oxygen atoms in total. The first-order chi connectivity index (χ1) is 9.08. The quantitative estimate of drug-likeness (QED) is 0.915. The maximum Gasteiger partial charge on any atom is 0.326 e. The van der Waals surface area contributed by atoms with Crippen LogP contribution in [0, 0.1) is 0 Å². The first kappa shape index (κ1) is 13.7. The number of amides is 1. The van der Waals surface area contributed by atoms with Crippen LogP contribution in [-0.4, -0.2) is 41.1 Å². The summed E-state index contributed by atoms with van der Waals surface area (Å²) in [5, 5.41) is 9.59. The van der Waals surface area contributed by atoms with Crippen molar-refractivity contribution in [3.63, 3.8) is 0 Å². The van der Waals surface area contributed by atoms with Gasteiger partial charge in [0.05, 0.1) is 0 Å². The Labute approximate surface area is 115 Å². The zero-order chi connectivity index (χ0) is 13.8. The Kier molecular flexibility index (Phi) is 4.27. The Morgan fingerprint density at radius 2 is 2.05 bits per heavy atom. The predicted octanol–water partition coefficient (Wildman–Crippen LogP) is 1.79. The number of carbonyl (C=O) groups is 2. The van der Waals surface area contributed by atoms with Gasteiger partial charge in [0.15, 0.2) is 6.61 Å². The molecule has 1 N–H and O–H groups in total. The first-order valence-corrected chi connectivity index (χ1v) is 6.36. The van der Waals surface area contributed by atoms with Crippen molar-refractivity contribution in [2.75, 3.05) is 13.2 Å². The lowest BCUT2D eigenvalue weighted by molar-refractivity contribution is -0.148. The molecule has 6 heteroatoms. The Hall–Kier alpha value is -1.75. The minimum atomic E-state index is -0.961. The first-order valence-electron chi connectivity index (χ1n) is 5.98. The number of carboxylic acid groups (broad SMARTS) is 1. The molecule has 0 aliphatic carbocycles. The molecule has 1 aromatic carbocycles. The molecule has 0 saturated carbocycles. The normalized spacial score (nSPS) is 18.4. The van der Waals surface area contributed by atoms with Crippen molar-refractivity contribution < 1.29 is 19.4 Å². The number of carbonyl (C=O) groups excluding carboxylic acids is 1. The smallest absolute Gasteiger partial charge is 0.326 e. The van der Waals surface area contributed by atoms with Gasteiger partial charge in [0, 0.05) is 11.6 Å². The number of hydrogen-bond donors (Lipinski definition) is 1. The van der Waals surface area contributed by atoms with Crippen LogP contribution < -0.4 is 4.74 Å². The largest absolute Gasteiger partial charge is 0.484 e. The Morgan fingerprint density at radius 3 is 2.68 bits per heavy atom. The summed E-state index contributed by atoms with van der Waals surface area (Å²) >= 11 is 5.74. The van der Waals surface area contributed by atoms with E-state index in [1.165, 1.54) is 4.90 Å². The number of carboxylic acids is 1. The summed E-state index contributed by atoms with van der Waals surface area (Å²) < 4.78 is 5.32. The minimum absolute atomic E-state index is 0.161. The molecular weight excluding hydrogens is 270 g/mol.